The number of pyridine rings is 1. The van der Waals surface area contributed by atoms with E-state index in [1.165, 1.54) is 5.69 Å². The van der Waals surface area contributed by atoms with Crippen LogP contribution in [0.5, 0.6) is 0 Å². The molecule has 1 aromatic heterocycles. The number of carbonyl (C=O) groups is 1. The van der Waals surface area contributed by atoms with E-state index in [-0.39, 0.29) is 5.78 Å². The Kier molecular flexibility index (Phi) is 6.37. The van der Waals surface area contributed by atoms with Crippen LogP contribution in [-0.2, 0) is 0 Å². The van der Waals surface area contributed by atoms with Crippen molar-refractivity contribution in [3.63, 3.8) is 0 Å². The second-order valence-corrected chi connectivity index (χ2v) is 8.87. The van der Waals surface area contributed by atoms with Gasteiger partial charge in [0.15, 0.2) is 5.78 Å². The van der Waals surface area contributed by atoms with Gasteiger partial charge < -0.3 is 20.0 Å². The molecule has 170 valence electrons. The molecular weight excluding hydrogens is 410 g/mol. The minimum absolute atomic E-state index is 0.0133. The van der Waals surface area contributed by atoms with Gasteiger partial charge in [0, 0.05) is 74.6 Å². The van der Waals surface area contributed by atoms with Crippen LogP contribution in [0.25, 0.3) is 17.0 Å². The lowest BCUT2D eigenvalue weighted by Crippen LogP contribution is -2.45. The lowest BCUT2D eigenvalue weighted by Gasteiger charge is -2.34. The molecule has 2 fully saturated rings. The Bertz CT molecular complexity index is 1140. The molecule has 2 saturated heterocycles. The van der Waals surface area contributed by atoms with Gasteiger partial charge in [-0.25, -0.2) is 4.98 Å². The fourth-order valence-electron chi connectivity index (χ4n) is 4.54. The topological polar surface area (TPSA) is 51.7 Å². The number of allylic oxidation sites excluding steroid dienone is 1. The number of ketones is 1. The molecule has 0 amide bonds. The summed E-state index contributed by atoms with van der Waals surface area (Å²) in [7, 11) is 2.15. The number of nitrogens with zero attached hydrogens (tertiary/aromatic N) is 4. The van der Waals surface area contributed by atoms with Gasteiger partial charge in [-0.3, -0.25) is 4.79 Å². The summed E-state index contributed by atoms with van der Waals surface area (Å²) in [6.45, 7) is 7.88. The summed E-state index contributed by atoms with van der Waals surface area (Å²) in [6.07, 6.45) is 3.62. The summed E-state index contributed by atoms with van der Waals surface area (Å²) in [6, 6.07) is 18.3. The molecule has 3 heterocycles. The van der Waals surface area contributed by atoms with Crippen LogP contribution in [-0.4, -0.2) is 75.1 Å². The number of hydrogen-bond donors (Lipinski definition) is 1. The van der Waals surface area contributed by atoms with Crippen molar-refractivity contribution < 1.29 is 4.79 Å². The molecule has 3 aromatic rings. The van der Waals surface area contributed by atoms with Crippen molar-refractivity contribution in [2.45, 2.75) is 0 Å². The highest BCUT2D eigenvalue weighted by Gasteiger charge is 2.18. The highest BCUT2D eigenvalue weighted by Crippen LogP contribution is 2.26. The number of rotatable bonds is 5. The molecular formula is C27H31N5O. The van der Waals surface area contributed by atoms with Gasteiger partial charge in [-0.2, -0.15) is 0 Å². The Morgan fingerprint density at radius 1 is 0.909 bits per heavy atom. The highest BCUT2D eigenvalue weighted by atomic mass is 16.1. The van der Waals surface area contributed by atoms with Gasteiger partial charge in [0.1, 0.15) is 5.82 Å². The van der Waals surface area contributed by atoms with Crippen LogP contribution < -0.4 is 15.1 Å². The number of carbonyl (C=O) groups excluding carboxylic acids is 1. The van der Waals surface area contributed by atoms with Gasteiger partial charge in [0.25, 0.3) is 0 Å². The molecule has 6 nitrogen and oxygen atoms in total. The lowest BCUT2D eigenvalue weighted by atomic mass is 10.1. The van der Waals surface area contributed by atoms with Crippen molar-refractivity contribution in [3.8, 4) is 0 Å². The first kappa shape index (κ1) is 21.6. The minimum Gasteiger partial charge on any atom is -0.369 e. The molecule has 0 saturated carbocycles. The number of nitrogens with one attached hydrogen (secondary N) is 1. The van der Waals surface area contributed by atoms with E-state index >= 15 is 0 Å². The predicted octanol–water partition coefficient (Wildman–Crippen LogP) is 3.29. The Hall–Kier alpha value is -3.22. The van der Waals surface area contributed by atoms with Crippen LogP contribution in [0.1, 0.15) is 15.9 Å². The van der Waals surface area contributed by atoms with Crippen LogP contribution >= 0.6 is 0 Å². The molecule has 2 aromatic carbocycles. The van der Waals surface area contributed by atoms with Crippen LogP contribution in [0.15, 0.2) is 60.7 Å². The Labute approximate surface area is 195 Å². The molecule has 0 spiro atoms. The zero-order valence-corrected chi connectivity index (χ0v) is 19.2. The van der Waals surface area contributed by atoms with E-state index in [9.17, 15) is 4.79 Å². The van der Waals surface area contributed by atoms with Crippen molar-refractivity contribution in [1.82, 2.24) is 15.2 Å². The normalized spacial score (nSPS) is 17.7. The third-order valence-electron chi connectivity index (χ3n) is 6.58. The highest BCUT2D eigenvalue weighted by molar-refractivity contribution is 6.07. The van der Waals surface area contributed by atoms with Crippen LogP contribution in [0, 0.1) is 0 Å². The van der Waals surface area contributed by atoms with E-state index in [1.54, 1.807) is 6.08 Å². The van der Waals surface area contributed by atoms with Crippen molar-refractivity contribution in [2.75, 3.05) is 69.2 Å². The number of fused-ring (bicyclic) bond motifs is 1. The predicted molar refractivity (Wildman–Crippen MR) is 136 cm³/mol. The molecule has 2 aliphatic rings. The van der Waals surface area contributed by atoms with E-state index in [0.717, 1.165) is 74.6 Å². The van der Waals surface area contributed by atoms with Gasteiger partial charge in [-0.05, 0) is 55.6 Å². The summed E-state index contributed by atoms with van der Waals surface area (Å²) >= 11 is 0. The number of anilines is 2. The molecule has 5 rings (SSSR count). The molecule has 33 heavy (non-hydrogen) atoms. The van der Waals surface area contributed by atoms with Gasteiger partial charge in [-0.1, -0.05) is 18.2 Å². The summed E-state index contributed by atoms with van der Waals surface area (Å²) in [5.41, 5.74) is 3.86. The molecule has 0 bridgehead atoms. The molecule has 2 aliphatic heterocycles. The third-order valence-corrected chi connectivity index (χ3v) is 6.58. The average molecular weight is 442 g/mol. The summed E-state index contributed by atoms with van der Waals surface area (Å²) in [5, 5.41) is 4.46. The van der Waals surface area contributed by atoms with Crippen molar-refractivity contribution in [1.29, 1.82) is 0 Å². The number of para-hydroxylation sites is 1. The van der Waals surface area contributed by atoms with Crippen molar-refractivity contribution in [3.05, 3.63) is 71.8 Å². The summed E-state index contributed by atoms with van der Waals surface area (Å²) in [5.74, 6) is 0.972. The molecule has 0 radical (unpaired) electrons. The van der Waals surface area contributed by atoms with Gasteiger partial charge in [-0.15, -0.1) is 0 Å². The first-order valence-electron chi connectivity index (χ1n) is 11.8. The van der Waals surface area contributed by atoms with Crippen LogP contribution in [0.2, 0.25) is 0 Å². The van der Waals surface area contributed by atoms with E-state index in [4.69, 9.17) is 4.98 Å². The van der Waals surface area contributed by atoms with Gasteiger partial charge >= 0.3 is 0 Å². The number of benzene rings is 2. The van der Waals surface area contributed by atoms with Gasteiger partial charge in [0.05, 0.1) is 5.52 Å². The van der Waals surface area contributed by atoms with E-state index in [2.05, 4.69) is 51.3 Å². The van der Waals surface area contributed by atoms with Crippen LogP contribution in [0.4, 0.5) is 11.5 Å². The Morgan fingerprint density at radius 2 is 1.64 bits per heavy atom. The molecule has 0 atom stereocenters. The lowest BCUT2D eigenvalue weighted by molar-refractivity contribution is 0.104. The number of aromatic nitrogens is 1. The fourth-order valence-corrected chi connectivity index (χ4v) is 4.54. The molecule has 1 N–H and O–H groups in total. The molecule has 0 unspecified atom stereocenters. The summed E-state index contributed by atoms with van der Waals surface area (Å²) < 4.78 is 0. The largest absolute Gasteiger partial charge is 0.369 e. The monoisotopic (exact) mass is 441 g/mol. The standard InChI is InChI=1S/C27H31N5O/c1-30-16-18-32(19-17-30)27-23(20-22-4-2-3-5-25(22)29-27)8-11-26(33)21-6-9-24(10-7-21)31-14-12-28-13-15-31/h2-11,20,28H,12-19H2,1H3/b11-8+. The quantitative estimate of drug-likeness (QED) is 0.484. The number of piperazine rings is 2. The average Bonchev–Trinajstić information content (AvgIpc) is 2.88. The van der Waals surface area contributed by atoms with E-state index in [1.807, 2.05) is 36.4 Å². The first-order chi connectivity index (χ1) is 16.2. The summed E-state index contributed by atoms with van der Waals surface area (Å²) in [4.78, 5) is 24.9. The van der Waals surface area contributed by atoms with Crippen molar-refractivity contribution in [2.24, 2.45) is 0 Å². The Balaban J connectivity index is 1.38. The Morgan fingerprint density at radius 3 is 2.39 bits per heavy atom. The first-order valence-corrected chi connectivity index (χ1v) is 11.8. The van der Waals surface area contributed by atoms with E-state index < -0.39 is 0 Å². The maximum absolute atomic E-state index is 12.9. The third kappa shape index (κ3) is 4.92. The zero-order valence-electron chi connectivity index (χ0n) is 19.2. The molecule has 6 heteroatoms. The fraction of sp³-hybridized carbons (Fsp3) is 0.333. The number of hydrogen-bond acceptors (Lipinski definition) is 6. The van der Waals surface area contributed by atoms with Gasteiger partial charge in [0.2, 0.25) is 0 Å². The maximum Gasteiger partial charge on any atom is 0.185 e. The number of likely N-dealkylation sites (N-methyl/N-ethyl adjacent to an activating group) is 1. The SMILES string of the molecule is CN1CCN(c2nc3ccccc3cc2/C=C/C(=O)c2ccc(N3CCNCC3)cc2)CC1. The second-order valence-electron chi connectivity index (χ2n) is 8.87. The second kappa shape index (κ2) is 9.73. The minimum atomic E-state index is 0.0133. The molecule has 0 aliphatic carbocycles. The van der Waals surface area contributed by atoms with Crippen molar-refractivity contribution >= 4 is 34.3 Å². The zero-order chi connectivity index (χ0) is 22.6. The maximum atomic E-state index is 12.9. The smallest absolute Gasteiger partial charge is 0.185 e. The van der Waals surface area contributed by atoms with Crippen LogP contribution in [0.3, 0.4) is 0 Å². The van der Waals surface area contributed by atoms with E-state index in [0.29, 0.717) is 5.56 Å².